The summed E-state index contributed by atoms with van der Waals surface area (Å²) in [5, 5.41) is 3.80. The Bertz CT molecular complexity index is 779. The summed E-state index contributed by atoms with van der Waals surface area (Å²) in [6, 6.07) is 14.1. The van der Waals surface area contributed by atoms with Crippen LogP contribution in [0, 0.1) is 0 Å². The van der Waals surface area contributed by atoms with E-state index in [1.54, 1.807) is 36.4 Å². The standard InChI is InChI=1S/C19H17Cl2NO3/c20-15-7-6-12(10-16(15)21)14(17-8-9-18(23)22-17)11-19(24)25-13-4-2-1-3-5-13/h1-7,10,14,17H,8-9,11H2,(H,22,23). The number of para-hydroxylation sites is 1. The van der Waals surface area contributed by atoms with Crippen LogP contribution in [-0.2, 0) is 9.59 Å². The number of hydrogen-bond acceptors (Lipinski definition) is 3. The third kappa shape index (κ3) is 4.53. The van der Waals surface area contributed by atoms with Gasteiger partial charge in [0.25, 0.3) is 0 Å². The molecule has 1 heterocycles. The molecule has 2 atom stereocenters. The van der Waals surface area contributed by atoms with E-state index in [4.69, 9.17) is 27.9 Å². The van der Waals surface area contributed by atoms with Crippen molar-refractivity contribution < 1.29 is 14.3 Å². The van der Waals surface area contributed by atoms with Gasteiger partial charge in [-0.15, -0.1) is 0 Å². The number of ether oxygens (including phenoxy) is 1. The molecule has 0 bridgehead atoms. The van der Waals surface area contributed by atoms with Crippen LogP contribution < -0.4 is 10.1 Å². The number of halogens is 2. The molecule has 0 aliphatic carbocycles. The first-order valence-corrected chi connectivity index (χ1v) is 8.78. The van der Waals surface area contributed by atoms with Crippen molar-refractivity contribution in [2.45, 2.75) is 31.2 Å². The lowest BCUT2D eigenvalue weighted by Crippen LogP contribution is -2.33. The second-order valence-electron chi connectivity index (χ2n) is 5.98. The first kappa shape index (κ1) is 17.8. The zero-order valence-electron chi connectivity index (χ0n) is 13.4. The largest absolute Gasteiger partial charge is 0.427 e. The molecule has 2 unspecified atom stereocenters. The maximum Gasteiger partial charge on any atom is 0.311 e. The molecular formula is C19H17Cl2NO3. The molecule has 2 aromatic carbocycles. The lowest BCUT2D eigenvalue weighted by molar-refractivity contribution is -0.135. The van der Waals surface area contributed by atoms with Crippen molar-refractivity contribution in [3.63, 3.8) is 0 Å². The first-order chi connectivity index (χ1) is 12.0. The third-order valence-corrected chi connectivity index (χ3v) is 4.99. The van der Waals surface area contributed by atoms with Crippen molar-refractivity contribution in [3.05, 3.63) is 64.1 Å². The van der Waals surface area contributed by atoms with Gasteiger partial charge < -0.3 is 10.1 Å². The van der Waals surface area contributed by atoms with Gasteiger partial charge in [-0.05, 0) is 36.2 Å². The number of nitrogens with one attached hydrogen (secondary N) is 1. The van der Waals surface area contributed by atoms with E-state index in [1.165, 1.54) is 0 Å². The number of hydrogen-bond donors (Lipinski definition) is 1. The van der Waals surface area contributed by atoms with Crippen LogP contribution in [0.1, 0.15) is 30.7 Å². The lowest BCUT2D eigenvalue weighted by Gasteiger charge is -2.23. The zero-order valence-corrected chi connectivity index (χ0v) is 14.9. The molecule has 0 aromatic heterocycles. The molecule has 1 saturated heterocycles. The minimum absolute atomic E-state index is 0.00788. The summed E-state index contributed by atoms with van der Waals surface area (Å²) in [5.74, 6) is -0.0943. The molecule has 3 rings (SSSR count). The fraction of sp³-hybridized carbons (Fsp3) is 0.263. The SMILES string of the molecule is O=C1CCC(C(CC(=O)Oc2ccccc2)c2ccc(Cl)c(Cl)c2)N1. The highest BCUT2D eigenvalue weighted by Gasteiger charge is 2.32. The highest BCUT2D eigenvalue weighted by Crippen LogP contribution is 2.33. The highest BCUT2D eigenvalue weighted by molar-refractivity contribution is 6.42. The summed E-state index contributed by atoms with van der Waals surface area (Å²) in [6.45, 7) is 0. The van der Waals surface area contributed by atoms with Crippen LogP contribution >= 0.6 is 23.2 Å². The lowest BCUT2D eigenvalue weighted by atomic mass is 9.87. The Morgan fingerprint density at radius 2 is 1.92 bits per heavy atom. The van der Waals surface area contributed by atoms with Gasteiger partial charge in [-0.2, -0.15) is 0 Å². The number of amides is 1. The van der Waals surface area contributed by atoms with Crippen LogP contribution in [0.25, 0.3) is 0 Å². The van der Waals surface area contributed by atoms with Crippen molar-refractivity contribution in [1.82, 2.24) is 5.32 Å². The number of esters is 1. The predicted molar refractivity (Wildman–Crippen MR) is 97.1 cm³/mol. The monoisotopic (exact) mass is 377 g/mol. The Morgan fingerprint density at radius 1 is 1.16 bits per heavy atom. The summed E-state index contributed by atoms with van der Waals surface area (Å²) in [4.78, 5) is 24.0. The van der Waals surface area contributed by atoms with Gasteiger partial charge >= 0.3 is 5.97 Å². The Morgan fingerprint density at radius 3 is 2.56 bits per heavy atom. The van der Waals surface area contributed by atoms with E-state index in [2.05, 4.69) is 5.32 Å². The van der Waals surface area contributed by atoms with E-state index >= 15 is 0 Å². The number of carbonyl (C=O) groups excluding carboxylic acids is 2. The molecule has 1 amide bonds. The summed E-state index contributed by atoms with van der Waals surface area (Å²) in [5.41, 5.74) is 0.853. The van der Waals surface area contributed by atoms with Crippen molar-refractivity contribution in [2.75, 3.05) is 0 Å². The van der Waals surface area contributed by atoms with Crippen LogP contribution in [0.4, 0.5) is 0 Å². The van der Waals surface area contributed by atoms with Gasteiger partial charge in [0.1, 0.15) is 5.75 Å². The van der Waals surface area contributed by atoms with Gasteiger partial charge in [0.15, 0.2) is 0 Å². The normalized spacial score (nSPS) is 17.8. The molecule has 1 aliphatic heterocycles. The molecule has 6 heteroatoms. The number of carbonyl (C=O) groups is 2. The van der Waals surface area contributed by atoms with Crippen molar-refractivity contribution in [1.29, 1.82) is 0 Å². The van der Waals surface area contributed by atoms with Crippen LogP contribution in [0.3, 0.4) is 0 Å². The Balaban J connectivity index is 1.79. The summed E-state index contributed by atoms with van der Waals surface area (Å²) in [7, 11) is 0. The van der Waals surface area contributed by atoms with E-state index in [-0.39, 0.29) is 30.3 Å². The molecule has 1 aliphatic rings. The Labute approximate surface area is 156 Å². The molecule has 0 saturated carbocycles. The van der Waals surface area contributed by atoms with Crippen molar-refractivity contribution in [3.8, 4) is 5.75 Å². The van der Waals surface area contributed by atoms with E-state index in [9.17, 15) is 9.59 Å². The van der Waals surface area contributed by atoms with Crippen molar-refractivity contribution >= 4 is 35.1 Å². The zero-order chi connectivity index (χ0) is 17.8. The molecular weight excluding hydrogens is 361 g/mol. The van der Waals surface area contributed by atoms with Crippen molar-refractivity contribution in [2.24, 2.45) is 0 Å². The van der Waals surface area contributed by atoms with E-state index in [1.807, 2.05) is 12.1 Å². The fourth-order valence-electron chi connectivity index (χ4n) is 3.02. The van der Waals surface area contributed by atoms with Crippen LogP contribution in [0.5, 0.6) is 5.75 Å². The summed E-state index contributed by atoms with van der Waals surface area (Å²) < 4.78 is 5.40. The van der Waals surface area contributed by atoms with Gasteiger partial charge in [0.2, 0.25) is 5.91 Å². The van der Waals surface area contributed by atoms with E-state index in [0.717, 1.165) is 5.56 Å². The molecule has 1 N–H and O–H groups in total. The van der Waals surface area contributed by atoms with Gasteiger partial charge in [-0.3, -0.25) is 9.59 Å². The second kappa shape index (κ2) is 7.89. The summed E-state index contributed by atoms with van der Waals surface area (Å²) >= 11 is 12.1. The molecule has 25 heavy (non-hydrogen) atoms. The maximum absolute atomic E-state index is 12.4. The maximum atomic E-state index is 12.4. The van der Waals surface area contributed by atoms with Crippen LogP contribution in [0.2, 0.25) is 10.0 Å². The molecule has 0 radical (unpaired) electrons. The second-order valence-corrected chi connectivity index (χ2v) is 6.80. The molecule has 0 spiro atoms. The average molecular weight is 378 g/mol. The Hall–Kier alpha value is -2.04. The number of rotatable bonds is 5. The topological polar surface area (TPSA) is 55.4 Å². The minimum atomic E-state index is -0.358. The smallest absolute Gasteiger partial charge is 0.311 e. The summed E-state index contributed by atoms with van der Waals surface area (Å²) in [6.07, 6.45) is 1.26. The average Bonchev–Trinajstić information content (AvgIpc) is 3.02. The van der Waals surface area contributed by atoms with Gasteiger partial charge in [-0.1, -0.05) is 47.5 Å². The molecule has 130 valence electrons. The fourth-order valence-corrected chi connectivity index (χ4v) is 3.32. The van der Waals surface area contributed by atoms with E-state index in [0.29, 0.717) is 28.6 Å². The van der Waals surface area contributed by atoms with Gasteiger partial charge in [0, 0.05) is 18.4 Å². The van der Waals surface area contributed by atoms with Gasteiger partial charge in [-0.25, -0.2) is 0 Å². The highest BCUT2D eigenvalue weighted by atomic mass is 35.5. The van der Waals surface area contributed by atoms with Gasteiger partial charge in [0.05, 0.1) is 16.5 Å². The molecule has 1 fully saturated rings. The molecule has 4 nitrogen and oxygen atoms in total. The first-order valence-electron chi connectivity index (χ1n) is 8.03. The number of benzene rings is 2. The Kier molecular flexibility index (Phi) is 5.61. The van der Waals surface area contributed by atoms with Crippen LogP contribution in [-0.4, -0.2) is 17.9 Å². The third-order valence-electron chi connectivity index (χ3n) is 4.25. The van der Waals surface area contributed by atoms with E-state index < -0.39 is 0 Å². The molecule has 2 aromatic rings. The van der Waals surface area contributed by atoms with Crippen LogP contribution in [0.15, 0.2) is 48.5 Å². The quantitative estimate of drug-likeness (QED) is 0.622. The predicted octanol–water partition coefficient (Wildman–Crippen LogP) is 4.35. The minimum Gasteiger partial charge on any atom is -0.427 e.